The van der Waals surface area contributed by atoms with Crippen LogP contribution in [-0.2, 0) is 26.2 Å². The van der Waals surface area contributed by atoms with Gasteiger partial charge in [0.1, 0.15) is 22.6 Å². The smallest absolute Gasteiger partial charge is 0.255 e. The predicted molar refractivity (Wildman–Crippen MR) is 143 cm³/mol. The first-order valence-corrected chi connectivity index (χ1v) is 12.8. The third-order valence-electron chi connectivity index (χ3n) is 8.20. The molecular weight excluding hydrogens is 504 g/mol. The maximum absolute atomic E-state index is 14.1. The van der Waals surface area contributed by atoms with Gasteiger partial charge in [0.15, 0.2) is 17.0 Å². The molecule has 0 radical (unpaired) electrons. The highest BCUT2D eigenvalue weighted by Crippen LogP contribution is 2.53. The number of nitrogens with zero attached hydrogens (tertiary/aromatic N) is 3. The molecule has 0 bridgehead atoms. The molecule has 3 aliphatic carbocycles. The van der Waals surface area contributed by atoms with E-state index in [2.05, 4.69) is 4.98 Å². The lowest BCUT2D eigenvalue weighted by molar-refractivity contribution is -0.153. The van der Waals surface area contributed by atoms with Crippen LogP contribution in [0.15, 0.2) is 27.4 Å². The number of primary amides is 1. The summed E-state index contributed by atoms with van der Waals surface area (Å²) in [7, 11) is 6.91. The van der Waals surface area contributed by atoms with E-state index in [-0.39, 0.29) is 17.8 Å². The molecule has 1 aromatic carbocycles. The molecule has 5 N–H and O–H groups in total. The number of amides is 1. The van der Waals surface area contributed by atoms with Crippen LogP contribution in [0.4, 0.5) is 5.69 Å². The number of carbonyl (C=O) groups is 3. The van der Waals surface area contributed by atoms with Crippen molar-refractivity contribution >= 4 is 40.0 Å². The van der Waals surface area contributed by atoms with Crippen LogP contribution >= 0.6 is 0 Å². The van der Waals surface area contributed by atoms with Gasteiger partial charge in [0.2, 0.25) is 11.7 Å². The van der Waals surface area contributed by atoms with Crippen LogP contribution in [0.1, 0.15) is 44.2 Å². The minimum absolute atomic E-state index is 0.0836. The lowest BCUT2D eigenvalue weighted by Crippen LogP contribution is -2.65. The molecule has 5 rings (SSSR count). The number of ketones is 2. The number of hydrogen-bond acceptors (Lipinski definition) is 10. The number of oxazole rings is 1. The molecule has 11 heteroatoms. The van der Waals surface area contributed by atoms with Crippen LogP contribution in [0.3, 0.4) is 0 Å². The van der Waals surface area contributed by atoms with Gasteiger partial charge in [-0.3, -0.25) is 19.3 Å². The van der Waals surface area contributed by atoms with Crippen LogP contribution < -0.4 is 10.6 Å². The second-order valence-corrected chi connectivity index (χ2v) is 12.2. The fourth-order valence-electron chi connectivity index (χ4n) is 6.40. The van der Waals surface area contributed by atoms with Gasteiger partial charge in [0, 0.05) is 36.7 Å². The first-order valence-electron chi connectivity index (χ1n) is 12.8. The van der Waals surface area contributed by atoms with Crippen LogP contribution in [0.5, 0.6) is 0 Å². The number of nitrogens with two attached hydrogens (primary N) is 1. The Morgan fingerprint density at radius 3 is 2.36 bits per heavy atom. The van der Waals surface area contributed by atoms with Gasteiger partial charge >= 0.3 is 0 Å². The summed E-state index contributed by atoms with van der Waals surface area (Å²) in [5.41, 5.74) is 4.10. The molecule has 1 amide bonds. The highest BCUT2D eigenvalue weighted by atomic mass is 16.4. The zero-order chi connectivity index (χ0) is 28.9. The molecule has 11 nitrogen and oxygen atoms in total. The summed E-state index contributed by atoms with van der Waals surface area (Å²) in [4.78, 5) is 47.6. The average Bonchev–Trinajstić information content (AvgIpc) is 3.25. The SMILES string of the molecule is CN(C)c1cc2nc(C(C)(C)C)oc2c2c1C[C@H]1C[C@H]3[C@H](N(C)C)C(=O)C(C(N)=O)=C(O)[C@@]3(O)C(=O)C1=C2O. The zero-order valence-corrected chi connectivity index (χ0v) is 23.1. The second-order valence-electron chi connectivity index (χ2n) is 12.2. The number of hydrogen-bond donors (Lipinski definition) is 4. The molecule has 1 saturated carbocycles. The summed E-state index contributed by atoms with van der Waals surface area (Å²) in [6.07, 6.45) is 0.393. The number of aromatic nitrogens is 1. The number of likely N-dealkylation sites (N-methyl/N-ethyl adjacent to an activating group) is 1. The molecule has 39 heavy (non-hydrogen) atoms. The van der Waals surface area contributed by atoms with E-state index in [9.17, 15) is 29.7 Å². The molecule has 0 aliphatic heterocycles. The van der Waals surface area contributed by atoms with Crippen LogP contribution in [0.25, 0.3) is 16.9 Å². The summed E-state index contributed by atoms with van der Waals surface area (Å²) < 4.78 is 6.15. The maximum Gasteiger partial charge on any atom is 0.255 e. The van der Waals surface area contributed by atoms with Crippen LogP contribution in [0, 0.1) is 11.8 Å². The van der Waals surface area contributed by atoms with Crippen LogP contribution in [0.2, 0.25) is 0 Å². The minimum Gasteiger partial charge on any atom is -0.508 e. The van der Waals surface area contributed by atoms with E-state index in [1.807, 2.05) is 45.8 Å². The van der Waals surface area contributed by atoms with Crippen molar-refractivity contribution < 1.29 is 34.1 Å². The van der Waals surface area contributed by atoms with Crippen molar-refractivity contribution in [2.24, 2.45) is 17.6 Å². The number of anilines is 1. The Morgan fingerprint density at radius 1 is 1.18 bits per heavy atom. The molecular formula is C28H34N4O7. The van der Waals surface area contributed by atoms with Crippen molar-refractivity contribution in [3.63, 3.8) is 0 Å². The summed E-state index contributed by atoms with van der Waals surface area (Å²) in [6, 6.07) is 0.786. The average molecular weight is 539 g/mol. The molecule has 0 unspecified atom stereocenters. The van der Waals surface area contributed by atoms with E-state index >= 15 is 0 Å². The van der Waals surface area contributed by atoms with Gasteiger partial charge in [-0.1, -0.05) is 20.8 Å². The number of aliphatic hydroxyl groups excluding tert-OH is 2. The fourth-order valence-corrected chi connectivity index (χ4v) is 6.40. The fraction of sp³-hybridized carbons (Fsp3) is 0.500. The van der Waals surface area contributed by atoms with Gasteiger partial charge < -0.3 is 30.4 Å². The molecule has 208 valence electrons. The molecule has 2 aromatic rings. The first kappa shape index (κ1) is 26.9. The topological polar surface area (TPSA) is 170 Å². The lowest BCUT2D eigenvalue weighted by Gasteiger charge is -2.50. The third-order valence-corrected chi connectivity index (χ3v) is 8.20. The Morgan fingerprint density at radius 2 is 1.82 bits per heavy atom. The number of rotatable bonds is 3. The van der Waals surface area contributed by atoms with Gasteiger partial charge in [-0.15, -0.1) is 0 Å². The van der Waals surface area contributed by atoms with E-state index in [1.54, 1.807) is 14.1 Å². The Balaban J connectivity index is 1.80. The Hall–Kier alpha value is -3.70. The van der Waals surface area contributed by atoms with E-state index in [1.165, 1.54) is 4.90 Å². The van der Waals surface area contributed by atoms with Crippen molar-refractivity contribution in [3.8, 4) is 0 Å². The van der Waals surface area contributed by atoms with Gasteiger partial charge in [0.25, 0.3) is 5.91 Å². The molecule has 1 heterocycles. The summed E-state index contributed by atoms with van der Waals surface area (Å²) >= 11 is 0. The van der Waals surface area contributed by atoms with Gasteiger partial charge in [-0.25, -0.2) is 4.98 Å². The summed E-state index contributed by atoms with van der Waals surface area (Å²) in [5.74, 6) is -5.62. The highest BCUT2D eigenvalue weighted by molar-refractivity contribution is 6.24. The molecule has 0 spiro atoms. The maximum atomic E-state index is 14.1. The Kier molecular flexibility index (Phi) is 5.79. The standard InChI is InChI=1S/C28H34N4O7/c1-27(2,3)26-30-14-10-15(31(4)5)12-8-11-9-13-19(32(6)7)21(34)18(25(29)37)24(36)28(13,38)23(35)16(11)20(33)17(12)22(14)39-26/h10-11,13,19,33,36,38H,8-9H2,1-7H3,(H2,29,37)/t11-,13-,19-,28-/m0/s1. The normalized spacial score (nSPS) is 27.2. The second kappa shape index (κ2) is 8.40. The van der Waals surface area contributed by atoms with Crippen molar-refractivity contribution in [1.82, 2.24) is 9.88 Å². The van der Waals surface area contributed by atoms with Crippen molar-refractivity contribution in [2.45, 2.75) is 50.7 Å². The molecule has 1 aromatic heterocycles. The number of fused-ring (bicyclic) bond motifs is 5. The minimum atomic E-state index is -2.62. The molecule has 1 fully saturated rings. The van der Waals surface area contributed by atoms with E-state index in [0.29, 0.717) is 29.0 Å². The van der Waals surface area contributed by atoms with Crippen molar-refractivity contribution in [1.29, 1.82) is 0 Å². The number of aliphatic hydroxyl groups is 3. The van der Waals surface area contributed by atoms with Gasteiger partial charge in [-0.05, 0) is 44.5 Å². The predicted octanol–water partition coefficient (Wildman–Crippen LogP) is 1.76. The largest absolute Gasteiger partial charge is 0.508 e. The third kappa shape index (κ3) is 3.56. The molecule has 0 saturated heterocycles. The van der Waals surface area contributed by atoms with Crippen molar-refractivity contribution in [2.75, 3.05) is 33.1 Å². The van der Waals surface area contributed by atoms with E-state index in [0.717, 1.165) is 11.3 Å². The van der Waals surface area contributed by atoms with Crippen LogP contribution in [-0.4, -0.2) is 82.5 Å². The Labute approximate surface area is 225 Å². The monoisotopic (exact) mass is 538 g/mol. The van der Waals surface area contributed by atoms with Gasteiger partial charge in [0.05, 0.1) is 11.6 Å². The highest BCUT2D eigenvalue weighted by Gasteiger charge is 2.64. The first-order chi connectivity index (χ1) is 18.0. The van der Waals surface area contributed by atoms with Gasteiger partial charge in [-0.2, -0.15) is 0 Å². The summed E-state index contributed by atoms with van der Waals surface area (Å²) in [6.45, 7) is 5.84. The quantitative estimate of drug-likeness (QED) is 0.422. The van der Waals surface area contributed by atoms with E-state index in [4.69, 9.17) is 10.2 Å². The molecule has 4 atom stereocenters. The molecule has 3 aliphatic rings. The van der Waals surface area contributed by atoms with Crippen molar-refractivity contribution in [3.05, 3.63) is 40.0 Å². The number of benzene rings is 1. The number of Topliss-reactive ketones (excluding diaryl/α,β-unsaturated/α-hetero) is 2. The van der Waals surface area contributed by atoms with E-state index < -0.39 is 57.7 Å². The summed E-state index contributed by atoms with van der Waals surface area (Å²) in [5, 5.41) is 34.6. The Bertz CT molecular complexity index is 1520. The lowest BCUT2D eigenvalue weighted by atomic mass is 9.57. The zero-order valence-electron chi connectivity index (χ0n) is 23.1. The number of carbonyl (C=O) groups excluding carboxylic acids is 3.